The Hall–Kier alpha value is -2.27. The van der Waals surface area contributed by atoms with Crippen LogP contribution in [0.3, 0.4) is 0 Å². The minimum absolute atomic E-state index is 0.0194. The van der Waals surface area contributed by atoms with E-state index in [1.807, 2.05) is 0 Å². The van der Waals surface area contributed by atoms with E-state index in [2.05, 4.69) is 10.6 Å². The van der Waals surface area contributed by atoms with Crippen LogP contribution >= 0.6 is 11.6 Å². The number of carbonyl (C=O) groups excluding carboxylic acids is 3. The number of carbonyl (C=O) groups is 3. The lowest BCUT2D eigenvalue weighted by Crippen LogP contribution is -2.64. The molecule has 1 aliphatic carbocycles. The van der Waals surface area contributed by atoms with Gasteiger partial charge in [0.1, 0.15) is 23.6 Å². The molecule has 7 N–H and O–H groups in total. The summed E-state index contributed by atoms with van der Waals surface area (Å²) in [6.45, 7) is 1.31. The van der Waals surface area contributed by atoms with Crippen molar-refractivity contribution in [2.24, 2.45) is 5.73 Å². The molecule has 28 heavy (non-hydrogen) atoms. The number of nitrogens with two attached hydrogens (primary N) is 1. The van der Waals surface area contributed by atoms with Gasteiger partial charge < -0.3 is 31.7 Å². The number of aliphatic hydroxyl groups excluding tert-OH is 2. The Balaban J connectivity index is 2.16. The number of benzene rings is 1. The van der Waals surface area contributed by atoms with Crippen molar-refractivity contribution >= 4 is 29.3 Å². The van der Waals surface area contributed by atoms with E-state index in [4.69, 9.17) is 17.3 Å². The summed E-state index contributed by atoms with van der Waals surface area (Å²) in [5, 5.41) is 35.1. The smallest absolute Gasteiger partial charge is 0.252 e. The maximum absolute atomic E-state index is 13.2. The van der Waals surface area contributed by atoms with E-state index in [1.54, 1.807) is 0 Å². The Morgan fingerprint density at radius 3 is 2.54 bits per heavy atom. The molecule has 9 nitrogen and oxygen atoms in total. The summed E-state index contributed by atoms with van der Waals surface area (Å²) in [4.78, 5) is 35.8. The van der Waals surface area contributed by atoms with Gasteiger partial charge in [0, 0.05) is 18.4 Å². The zero-order valence-electron chi connectivity index (χ0n) is 14.9. The number of hydrogen-bond acceptors (Lipinski definition) is 6. The molecule has 1 saturated carbocycles. The fourth-order valence-electron chi connectivity index (χ4n) is 2.92. The summed E-state index contributed by atoms with van der Waals surface area (Å²) in [5.74, 6) is -3.28. The largest absolute Gasteiger partial charge is 0.390 e. The summed E-state index contributed by atoms with van der Waals surface area (Å²) >= 11 is 5.64. The first-order valence-corrected chi connectivity index (χ1v) is 8.77. The van der Waals surface area contributed by atoms with E-state index in [1.165, 1.54) is 6.92 Å². The molecule has 0 bridgehead atoms. The Labute approximate surface area is 164 Å². The van der Waals surface area contributed by atoms with E-state index in [9.17, 15) is 34.1 Å². The molecular formula is C17H21ClFN3O6. The van der Waals surface area contributed by atoms with Crippen LogP contribution in [0.15, 0.2) is 18.2 Å². The molecule has 0 aromatic heterocycles. The molecule has 0 aliphatic heterocycles. The molecule has 2 rings (SSSR count). The normalized spacial score (nSPS) is 28.3. The number of halogens is 2. The van der Waals surface area contributed by atoms with Crippen LogP contribution in [0, 0.1) is 5.82 Å². The summed E-state index contributed by atoms with van der Waals surface area (Å²) in [7, 11) is 0. The van der Waals surface area contributed by atoms with Crippen molar-refractivity contribution in [2.75, 3.05) is 0 Å². The third-order valence-corrected chi connectivity index (χ3v) is 4.90. The quantitative estimate of drug-likeness (QED) is 0.353. The van der Waals surface area contributed by atoms with Gasteiger partial charge in [-0.05, 0) is 25.1 Å². The van der Waals surface area contributed by atoms with Crippen molar-refractivity contribution in [1.29, 1.82) is 0 Å². The molecule has 11 heteroatoms. The van der Waals surface area contributed by atoms with Crippen LogP contribution in [-0.4, -0.2) is 62.9 Å². The fraction of sp³-hybridized carbons (Fsp3) is 0.471. The van der Waals surface area contributed by atoms with Crippen LogP contribution in [0.2, 0.25) is 5.02 Å². The SMILES string of the molecule is C[C@@H](NC(=O)[C@]1(O)C[C@@H](O)[C@H](O)[C@@H](NC(=O)c2ccc(F)c(Cl)c2)C1)C(N)=O. The standard InChI is InChI=1S/C17H21ClFN3O6/c1-7(14(20)25)21-16(27)17(28)5-11(13(24)12(23)6-17)22-15(26)8-2-3-10(19)9(18)4-8/h2-4,7,11-13,23-24,28H,5-6H2,1H3,(H2,20,25)(H,21,27)(H,22,26)/t7-,11+,12-,13-,17-/m1/s1. The maximum atomic E-state index is 13.2. The average Bonchev–Trinajstić information content (AvgIpc) is 2.61. The number of primary amides is 1. The zero-order valence-corrected chi connectivity index (χ0v) is 15.6. The van der Waals surface area contributed by atoms with E-state index in [-0.39, 0.29) is 10.6 Å². The van der Waals surface area contributed by atoms with Gasteiger partial charge in [-0.1, -0.05) is 11.6 Å². The molecule has 0 radical (unpaired) electrons. The third kappa shape index (κ3) is 4.76. The van der Waals surface area contributed by atoms with E-state index in [0.29, 0.717) is 0 Å². The molecule has 154 valence electrons. The van der Waals surface area contributed by atoms with Gasteiger partial charge in [0.2, 0.25) is 5.91 Å². The van der Waals surface area contributed by atoms with Gasteiger partial charge >= 0.3 is 0 Å². The summed E-state index contributed by atoms with van der Waals surface area (Å²) in [6, 6.07) is 0.939. The first kappa shape index (κ1) is 22.0. The minimum Gasteiger partial charge on any atom is -0.390 e. The Morgan fingerprint density at radius 2 is 1.96 bits per heavy atom. The van der Waals surface area contributed by atoms with E-state index >= 15 is 0 Å². The summed E-state index contributed by atoms with van der Waals surface area (Å²) < 4.78 is 13.2. The molecule has 5 atom stereocenters. The van der Waals surface area contributed by atoms with Crippen LogP contribution in [0.25, 0.3) is 0 Å². The first-order valence-electron chi connectivity index (χ1n) is 8.39. The predicted molar refractivity (Wildman–Crippen MR) is 95.7 cm³/mol. The highest BCUT2D eigenvalue weighted by atomic mass is 35.5. The van der Waals surface area contributed by atoms with Gasteiger partial charge in [0.25, 0.3) is 11.8 Å². The van der Waals surface area contributed by atoms with Gasteiger partial charge in [-0.25, -0.2) is 4.39 Å². The first-order chi connectivity index (χ1) is 12.9. The topological polar surface area (TPSA) is 162 Å². The molecule has 1 aromatic carbocycles. The van der Waals surface area contributed by atoms with Gasteiger partial charge in [-0.3, -0.25) is 14.4 Å². The van der Waals surface area contributed by atoms with Crippen molar-refractivity contribution in [3.8, 4) is 0 Å². The summed E-state index contributed by atoms with van der Waals surface area (Å²) in [5.41, 5.74) is 2.88. The third-order valence-electron chi connectivity index (χ3n) is 4.61. The monoisotopic (exact) mass is 417 g/mol. The zero-order chi connectivity index (χ0) is 21.2. The maximum Gasteiger partial charge on any atom is 0.252 e. The molecule has 1 fully saturated rings. The molecule has 0 spiro atoms. The number of rotatable bonds is 5. The van der Waals surface area contributed by atoms with Gasteiger partial charge in [0.15, 0.2) is 0 Å². The second kappa shape index (κ2) is 8.39. The van der Waals surface area contributed by atoms with Crippen LogP contribution in [0.1, 0.15) is 30.1 Å². The second-order valence-electron chi connectivity index (χ2n) is 6.80. The van der Waals surface area contributed by atoms with Crippen molar-refractivity contribution in [3.05, 3.63) is 34.6 Å². The van der Waals surface area contributed by atoms with Crippen LogP contribution < -0.4 is 16.4 Å². The molecule has 1 aliphatic rings. The Morgan fingerprint density at radius 1 is 1.32 bits per heavy atom. The van der Waals surface area contributed by atoms with Crippen LogP contribution in [0.5, 0.6) is 0 Å². The number of aliphatic hydroxyl groups is 3. The lowest BCUT2D eigenvalue weighted by Gasteiger charge is -2.41. The Kier molecular flexibility index (Phi) is 6.60. The summed E-state index contributed by atoms with van der Waals surface area (Å²) in [6.07, 6.45) is -3.96. The van der Waals surface area contributed by atoms with Crippen molar-refractivity contribution in [1.82, 2.24) is 10.6 Å². The molecule has 0 saturated heterocycles. The van der Waals surface area contributed by atoms with Gasteiger partial charge in [-0.15, -0.1) is 0 Å². The number of nitrogens with one attached hydrogen (secondary N) is 2. The number of hydrogen-bond donors (Lipinski definition) is 6. The lowest BCUT2D eigenvalue weighted by atomic mass is 9.77. The van der Waals surface area contributed by atoms with Crippen LogP contribution in [0.4, 0.5) is 4.39 Å². The lowest BCUT2D eigenvalue weighted by molar-refractivity contribution is -0.158. The van der Waals surface area contributed by atoms with E-state index < -0.39 is 66.3 Å². The number of amides is 3. The average molecular weight is 418 g/mol. The molecule has 3 amide bonds. The second-order valence-corrected chi connectivity index (χ2v) is 7.21. The molecule has 0 heterocycles. The van der Waals surface area contributed by atoms with Gasteiger partial charge in [-0.2, -0.15) is 0 Å². The fourth-order valence-corrected chi connectivity index (χ4v) is 3.10. The van der Waals surface area contributed by atoms with Crippen molar-refractivity contribution in [3.63, 3.8) is 0 Å². The highest BCUT2D eigenvalue weighted by Gasteiger charge is 2.49. The van der Waals surface area contributed by atoms with Crippen molar-refractivity contribution < 1.29 is 34.1 Å². The van der Waals surface area contributed by atoms with Crippen LogP contribution in [-0.2, 0) is 9.59 Å². The molecule has 1 aromatic rings. The highest BCUT2D eigenvalue weighted by molar-refractivity contribution is 6.31. The molecular weight excluding hydrogens is 397 g/mol. The molecule has 0 unspecified atom stereocenters. The highest BCUT2D eigenvalue weighted by Crippen LogP contribution is 2.30. The van der Waals surface area contributed by atoms with Gasteiger partial charge in [0.05, 0.1) is 17.2 Å². The predicted octanol–water partition coefficient (Wildman–Crippen LogP) is -1.19. The van der Waals surface area contributed by atoms with E-state index in [0.717, 1.165) is 18.2 Å². The Bertz CT molecular complexity index is 794. The van der Waals surface area contributed by atoms with Crippen molar-refractivity contribution in [2.45, 2.75) is 49.7 Å². The minimum atomic E-state index is -2.17.